The number of ether oxygens (including phenoxy) is 1. The van der Waals surface area contributed by atoms with E-state index in [-0.39, 0.29) is 0 Å². The van der Waals surface area contributed by atoms with E-state index in [1.807, 2.05) is 12.4 Å². The lowest BCUT2D eigenvalue weighted by molar-refractivity contribution is -0.132. The fourth-order valence-electron chi connectivity index (χ4n) is 4.41. The Bertz CT molecular complexity index is 736. The van der Waals surface area contributed by atoms with Gasteiger partial charge in [0.2, 0.25) is 5.91 Å². The lowest BCUT2D eigenvalue weighted by Gasteiger charge is -2.26. The predicted molar refractivity (Wildman–Crippen MR) is 101 cm³/mol. The van der Waals surface area contributed by atoms with Gasteiger partial charge in [-0.1, -0.05) is 0 Å². The minimum absolute atomic E-state index is 0.351. The van der Waals surface area contributed by atoms with Gasteiger partial charge in [-0.25, -0.2) is 0 Å². The van der Waals surface area contributed by atoms with E-state index in [2.05, 4.69) is 32.6 Å². The number of carbonyl (C=O) groups excluding carboxylic acids is 1. The largest absolute Gasteiger partial charge is 0.381 e. The Morgan fingerprint density at radius 1 is 1.12 bits per heavy atom. The second-order valence-corrected chi connectivity index (χ2v) is 7.82. The zero-order valence-corrected chi connectivity index (χ0v) is 15.5. The van der Waals surface area contributed by atoms with Crippen LogP contribution in [0.15, 0.2) is 30.7 Å². The number of likely N-dealkylation sites (tertiary alicyclic amines) is 1. The topological polar surface area (TPSA) is 46.8 Å². The van der Waals surface area contributed by atoms with Crippen molar-refractivity contribution in [2.24, 2.45) is 11.8 Å². The molecule has 2 aromatic heterocycles. The smallest absolute Gasteiger partial charge is 0.222 e. The SMILES string of the molecule is O=C(CC1CCOCC1)N1CCC[C@H](Cc2nccn3cccc23)CC1. The first kappa shape index (κ1) is 17.5. The summed E-state index contributed by atoms with van der Waals surface area (Å²) >= 11 is 0. The van der Waals surface area contributed by atoms with E-state index in [1.54, 1.807) is 0 Å². The highest BCUT2D eigenvalue weighted by Crippen LogP contribution is 2.25. The molecular formula is C21H29N3O2. The number of nitrogens with zero attached hydrogens (tertiary/aromatic N) is 3. The Labute approximate surface area is 155 Å². The third-order valence-electron chi connectivity index (χ3n) is 6.02. The summed E-state index contributed by atoms with van der Waals surface area (Å²) in [6, 6.07) is 4.22. The Morgan fingerprint density at radius 2 is 2.00 bits per heavy atom. The molecule has 2 aromatic rings. The standard InChI is InChI=1S/C21H29N3O2/c25-21(16-18-6-13-26-14-7-18)24-10-1-3-17(5-11-24)15-19-20-4-2-9-23(20)12-8-22-19/h2,4,8-9,12,17-18H,1,3,5-7,10-11,13-16H2/t17-/m0/s1. The van der Waals surface area contributed by atoms with Crippen molar-refractivity contribution in [2.45, 2.75) is 44.9 Å². The number of hydrogen-bond acceptors (Lipinski definition) is 3. The van der Waals surface area contributed by atoms with Gasteiger partial charge in [-0.15, -0.1) is 0 Å². The molecule has 5 heteroatoms. The maximum absolute atomic E-state index is 12.7. The quantitative estimate of drug-likeness (QED) is 0.845. The first-order chi connectivity index (χ1) is 12.8. The van der Waals surface area contributed by atoms with Crippen molar-refractivity contribution in [3.8, 4) is 0 Å². The van der Waals surface area contributed by atoms with Gasteiger partial charge in [-0.3, -0.25) is 9.78 Å². The summed E-state index contributed by atoms with van der Waals surface area (Å²) in [7, 11) is 0. The van der Waals surface area contributed by atoms with Crippen molar-refractivity contribution >= 4 is 11.4 Å². The zero-order valence-electron chi connectivity index (χ0n) is 15.5. The zero-order chi connectivity index (χ0) is 17.8. The van der Waals surface area contributed by atoms with Gasteiger partial charge in [0.05, 0.1) is 11.2 Å². The highest BCUT2D eigenvalue weighted by atomic mass is 16.5. The molecule has 2 aliphatic rings. The van der Waals surface area contributed by atoms with Crippen molar-refractivity contribution in [1.29, 1.82) is 0 Å². The average Bonchev–Trinajstić information content (AvgIpc) is 3.03. The molecule has 0 N–H and O–H groups in total. The van der Waals surface area contributed by atoms with Crippen LogP contribution in [0.3, 0.4) is 0 Å². The maximum atomic E-state index is 12.7. The molecular weight excluding hydrogens is 326 g/mol. The molecule has 0 radical (unpaired) electrons. The summed E-state index contributed by atoms with van der Waals surface area (Å²) in [5.41, 5.74) is 2.40. The molecule has 0 spiro atoms. The van der Waals surface area contributed by atoms with Gasteiger partial charge >= 0.3 is 0 Å². The second-order valence-electron chi connectivity index (χ2n) is 7.82. The molecule has 0 saturated carbocycles. The highest BCUT2D eigenvalue weighted by Gasteiger charge is 2.24. The van der Waals surface area contributed by atoms with Crippen LogP contribution < -0.4 is 0 Å². The molecule has 5 nitrogen and oxygen atoms in total. The summed E-state index contributed by atoms with van der Waals surface area (Å²) in [4.78, 5) is 19.4. The Morgan fingerprint density at radius 3 is 2.88 bits per heavy atom. The van der Waals surface area contributed by atoms with Gasteiger partial charge in [-0.05, 0) is 62.5 Å². The lowest BCUT2D eigenvalue weighted by atomic mass is 9.94. The van der Waals surface area contributed by atoms with Gasteiger partial charge in [0.25, 0.3) is 0 Å². The molecule has 4 heterocycles. The van der Waals surface area contributed by atoms with E-state index in [9.17, 15) is 4.79 Å². The molecule has 0 unspecified atom stereocenters. The minimum atomic E-state index is 0.351. The van der Waals surface area contributed by atoms with Gasteiger partial charge in [0.1, 0.15) is 0 Å². The van der Waals surface area contributed by atoms with E-state index in [0.29, 0.717) is 24.2 Å². The summed E-state index contributed by atoms with van der Waals surface area (Å²) < 4.78 is 7.55. The number of fused-ring (bicyclic) bond motifs is 1. The lowest BCUT2D eigenvalue weighted by Crippen LogP contribution is -2.34. The predicted octanol–water partition coefficient (Wildman–Crippen LogP) is 3.32. The van der Waals surface area contributed by atoms with Crippen molar-refractivity contribution in [1.82, 2.24) is 14.3 Å². The molecule has 26 heavy (non-hydrogen) atoms. The minimum Gasteiger partial charge on any atom is -0.381 e. The fraction of sp³-hybridized carbons (Fsp3) is 0.619. The number of rotatable bonds is 4. The molecule has 2 aliphatic heterocycles. The van der Waals surface area contributed by atoms with Crippen molar-refractivity contribution in [3.05, 3.63) is 36.4 Å². The summed E-state index contributed by atoms with van der Waals surface area (Å²) in [6.07, 6.45) is 13.1. The Kier molecular flexibility index (Phi) is 5.54. The molecule has 2 saturated heterocycles. The molecule has 4 rings (SSSR count). The molecule has 2 fully saturated rings. The number of aromatic nitrogens is 2. The first-order valence-electron chi connectivity index (χ1n) is 10.1. The number of carbonyl (C=O) groups is 1. The average molecular weight is 355 g/mol. The Balaban J connectivity index is 1.33. The van der Waals surface area contributed by atoms with Crippen LogP contribution in [0.4, 0.5) is 0 Å². The van der Waals surface area contributed by atoms with Gasteiger partial charge in [0, 0.05) is 51.3 Å². The van der Waals surface area contributed by atoms with Crippen LogP contribution in [0, 0.1) is 11.8 Å². The van der Waals surface area contributed by atoms with Crippen LogP contribution in [-0.4, -0.2) is 46.5 Å². The van der Waals surface area contributed by atoms with Crippen LogP contribution in [-0.2, 0) is 16.0 Å². The monoisotopic (exact) mass is 355 g/mol. The normalized spacial score (nSPS) is 22.5. The molecule has 0 bridgehead atoms. The summed E-state index contributed by atoms with van der Waals surface area (Å²) in [5, 5.41) is 0. The van der Waals surface area contributed by atoms with Crippen LogP contribution >= 0.6 is 0 Å². The second kappa shape index (κ2) is 8.21. The van der Waals surface area contributed by atoms with Gasteiger partial charge < -0.3 is 14.0 Å². The molecule has 1 atom stereocenters. The first-order valence-corrected chi connectivity index (χ1v) is 10.1. The third-order valence-corrected chi connectivity index (χ3v) is 6.02. The Hall–Kier alpha value is -1.88. The summed E-state index contributed by atoms with van der Waals surface area (Å²) in [6.45, 7) is 3.45. The van der Waals surface area contributed by atoms with E-state index in [0.717, 1.165) is 58.4 Å². The van der Waals surface area contributed by atoms with Crippen LogP contribution in [0.5, 0.6) is 0 Å². The van der Waals surface area contributed by atoms with Gasteiger partial charge in [0.15, 0.2) is 0 Å². The third kappa shape index (κ3) is 4.09. The molecule has 140 valence electrons. The van der Waals surface area contributed by atoms with Crippen molar-refractivity contribution in [2.75, 3.05) is 26.3 Å². The van der Waals surface area contributed by atoms with Gasteiger partial charge in [-0.2, -0.15) is 0 Å². The molecule has 0 aliphatic carbocycles. The maximum Gasteiger partial charge on any atom is 0.222 e. The van der Waals surface area contributed by atoms with Crippen molar-refractivity contribution < 1.29 is 9.53 Å². The highest BCUT2D eigenvalue weighted by molar-refractivity contribution is 5.76. The van der Waals surface area contributed by atoms with E-state index < -0.39 is 0 Å². The van der Waals surface area contributed by atoms with E-state index >= 15 is 0 Å². The molecule has 1 amide bonds. The number of hydrogen-bond donors (Lipinski definition) is 0. The fourth-order valence-corrected chi connectivity index (χ4v) is 4.41. The van der Waals surface area contributed by atoms with Crippen LogP contribution in [0.2, 0.25) is 0 Å². The van der Waals surface area contributed by atoms with E-state index in [1.165, 1.54) is 17.6 Å². The van der Waals surface area contributed by atoms with Crippen LogP contribution in [0.1, 0.15) is 44.2 Å². The molecule has 0 aromatic carbocycles. The number of amides is 1. The summed E-state index contributed by atoms with van der Waals surface area (Å²) in [5.74, 6) is 1.49. The van der Waals surface area contributed by atoms with Crippen LogP contribution in [0.25, 0.3) is 5.52 Å². The van der Waals surface area contributed by atoms with E-state index in [4.69, 9.17) is 4.74 Å². The van der Waals surface area contributed by atoms with Crippen molar-refractivity contribution in [3.63, 3.8) is 0 Å².